The van der Waals surface area contributed by atoms with Crippen LogP contribution in [0.4, 0.5) is 4.79 Å². The molecule has 1 amide bonds. The number of aliphatic hydroxyl groups excluding tert-OH is 1. The molecule has 0 rings (SSSR count). The Morgan fingerprint density at radius 1 is 1.37 bits per heavy atom. The van der Waals surface area contributed by atoms with Gasteiger partial charge in [-0.3, -0.25) is 5.43 Å². The van der Waals surface area contributed by atoms with Gasteiger partial charge < -0.3 is 9.84 Å². The van der Waals surface area contributed by atoms with E-state index in [2.05, 4.69) is 18.6 Å². The van der Waals surface area contributed by atoms with Gasteiger partial charge in [0.25, 0.3) is 0 Å². The number of rotatable bonds is 13. The van der Waals surface area contributed by atoms with Gasteiger partial charge in [0, 0.05) is 18.1 Å². The average molecular weight is 401 g/mol. The summed E-state index contributed by atoms with van der Waals surface area (Å²) in [6.07, 6.45) is 4.69. The number of amides is 1. The number of hydrazine groups is 1. The Labute approximate surface area is 170 Å². The van der Waals surface area contributed by atoms with Crippen molar-refractivity contribution in [3.05, 3.63) is 35.9 Å². The summed E-state index contributed by atoms with van der Waals surface area (Å²) >= 11 is 5.91. The van der Waals surface area contributed by atoms with Gasteiger partial charge in [0.2, 0.25) is 0 Å². The molecule has 0 saturated carbocycles. The maximum Gasteiger partial charge on any atom is 0.422 e. The summed E-state index contributed by atoms with van der Waals surface area (Å²) in [6, 6.07) is 0. The Balaban J connectivity index is 5.01. The number of halogens is 1. The second-order valence-corrected chi connectivity index (χ2v) is 7.98. The molecular formula is C21H37ClN2O3. The van der Waals surface area contributed by atoms with Gasteiger partial charge in [0.05, 0.1) is 6.10 Å². The van der Waals surface area contributed by atoms with E-state index < -0.39 is 12.2 Å². The molecule has 0 aromatic carbocycles. The largest absolute Gasteiger partial charge is 0.445 e. The van der Waals surface area contributed by atoms with Crippen LogP contribution in [0, 0.1) is 11.8 Å². The number of carbonyl (C=O) groups excluding carboxylic acids is 1. The molecule has 3 atom stereocenters. The zero-order chi connectivity index (χ0) is 21.0. The molecule has 0 saturated heterocycles. The van der Waals surface area contributed by atoms with Crippen molar-refractivity contribution in [2.45, 2.75) is 66.1 Å². The molecule has 0 fully saturated rings. The van der Waals surface area contributed by atoms with Crippen molar-refractivity contribution in [3.8, 4) is 0 Å². The maximum atomic E-state index is 12.3. The molecule has 0 spiro atoms. The minimum Gasteiger partial charge on any atom is -0.445 e. The zero-order valence-electron chi connectivity index (χ0n) is 17.5. The third-order valence-electron chi connectivity index (χ3n) is 4.34. The molecule has 0 aliphatic rings. The Kier molecular flexibility index (Phi) is 13.1. The van der Waals surface area contributed by atoms with Crippen LogP contribution in [0.3, 0.4) is 0 Å². The van der Waals surface area contributed by atoms with Gasteiger partial charge in [0.15, 0.2) is 0 Å². The highest BCUT2D eigenvalue weighted by Crippen LogP contribution is 2.14. The van der Waals surface area contributed by atoms with E-state index in [4.69, 9.17) is 16.3 Å². The Bertz CT molecular complexity index is 502. The summed E-state index contributed by atoms with van der Waals surface area (Å²) in [4.78, 5) is 12.3. The Morgan fingerprint density at radius 3 is 2.48 bits per heavy atom. The zero-order valence-corrected chi connectivity index (χ0v) is 18.3. The lowest BCUT2D eigenvalue weighted by Crippen LogP contribution is -2.49. The fourth-order valence-corrected chi connectivity index (χ4v) is 2.84. The highest BCUT2D eigenvalue weighted by Gasteiger charge is 2.22. The minimum atomic E-state index is -0.605. The van der Waals surface area contributed by atoms with Gasteiger partial charge in [-0.1, -0.05) is 52.0 Å². The lowest BCUT2D eigenvalue weighted by molar-refractivity contribution is 0.0255. The normalized spacial score (nSPS) is 15.4. The monoisotopic (exact) mass is 400 g/mol. The van der Waals surface area contributed by atoms with Crippen LogP contribution in [0.1, 0.15) is 53.9 Å². The van der Waals surface area contributed by atoms with Gasteiger partial charge in [-0.2, -0.15) is 0 Å². The molecule has 27 heavy (non-hydrogen) atoms. The predicted octanol–water partition coefficient (Wildman–Crippen LogP) is 5.03. The lowest BCUT2D eigenvalue weighted by atomic mass is 9.99. The van der Waals surface area contributed by atoms with Crippen LogP contribution in [0.5, 0.6) is 0 Å². The van der Waals surface area contributed by atoms with Crippen molar-refractivity contribution >= 4 is 17.7 Å². The SMILES string of the molecule is C=CCCC(C)C(O)CN(CC(=C)/C=C(\C)Cl)NC(=O)OC(CC)C(C)C. The van der Waals surface area contributed by atoms with Crippen molar-refractivity contribution in [2.24, 2.45) is 11.8 Å². The van der Waals surface area contributed by atoms with Crippen molar-refractivity contribution in [3.63, 3.8) is 0 Å². The van der Waals surface area contributed by atoms with Crippen LogP contribution in [-0.4, -0.2) is 41.5 Å². The van der Waals surface area contributed by atoms with Crippen LogP contribution >= 0.6 is 11.6 Å². The van der Waals surface area contributed by atoms with Crippen molar-refractivity contribution in [2.75, 3.05) is 13.1 Å². The van der Waals surface area contributed by atoms with Gasteiger partial charge in [-0.05, 0) is 49.7 Å². The summed E-state index contributed by atoms with van der Waals surface area (Å²) in [7, 11) is 0. The lowest BCUT2D eigenvalue weighted by Gasteiger charge is -2.29. The van der Waals surface area contributed by atoms with Gasteiger partial charge >= 0.3 is 6.09 Å². The number of hydrogen-bond donors (Lipinski definition) is 2. The van der Waals surface area contributed by atoms with Crippen LogP contribution < -0.4 is 5.43 Å². The first-order valence-corrected chi connectivity index (χ1v) is 10.0. The first kappa shape index (κ1) is 25.7. The van der Waals surface area contributed by atoms with E-state index in [9.17, 15) is 9.90 Å². The molecule has 156 valence electrons. The average Bonchev–Trinajstić information content (AvgIpc) is 2.55. The van der Waals surface area contributed by atoms with Crippen molar-refractivity contribution in [1.82, 2.24) is 10.4 Å². The molecular weight excluding hydrogens is 364 g/mol. The van der Waals surface area contributed by atoms with E-state index in [1.165, 1.54) is 0 Å². The second kappa shape index (κ2) is 13.8. The molecule has 6 heteroatoms. The van der Waals surface area contributed by atoms with Crippen molar-refractivity contribution < 1.29 is 14.6 Å². The van der Waals surface area contributed by atoms with E-state index in [0.717, 1.165) is 24.8 Å². The molecule has 2 N–H and O–H groups in total. The maximum absolute atomic E-state index is 12.3. The Hall–Kier alpha value is -1.30. The molecule has 0 heterocycles. The third kappa shape index (κ3) is 11.9. The Morgan fingerprint density at radius 2 is 2.00 bits per heavy atom. The number of ether oxygens (including phenoxy) is 1. The minimum absolute atomic E-state index is 0.0703. The topological polar surface area (TPSA) is 61.8 Å². The summed E-state index contributed by atoms with van der Waals surface area (Å²) in [6.45, 7) is 18.0. The first-order chi connectivity index (χ1) is 12.6. The number of hydrogen-bond acceptors (Lipinski definition) is 4. The second-order valence-electron chi connectivity index (χ2n) is 7.39. The molecule has 0 aliphatic heterocycles. The molecule has 0 aromatic heterocycles. The van der Waals surface area contributed by atoms with E-state index in [1.807, 2.05) is 33.8 Å². The fraction of sp³-hybridized carbons (Fsp3) is 0.667. The summed E-state index contributed by atoms with van der Waals surface area (Å²) < 4.78 is 5.50. The highest BCUT2D eigenvalue weighted by molar-refractivity contribution is 6.29. The number of allylic oxidation sites excluding steroid dienone is 2. The van der Waals surface area contributed by atoms with E-state index in [1.54, 1.807) is 18.0 Å². The van der Waals surface area contributed by atoms with Gasteiger partial charge in [-0.25, -0.2) is 9.80 Å². The van der Waals surface area contributed by atoms with Crippen LogP contribution in [-0.2, 0) is 4.74 Å². The fourth-order valence-electron chi connectivity index (χ4n) is 2.68. The van der Waals surface area contributed by atoms with Gasteiger partial charge in [0.1, 0.15) is 6.10 Å². The summed E-state index contributed by atoms with van der Waals surface area (Å²) in [5.41, 5.74) is 3.47. The predicted molar refractivity (Wildman–Crippen MR) is 113 cm³/mol. The molecule has 0 aliphatic carbocycles. The summed E-state index contributed by atoms with van der Waals surface area (Å²) in [5.74, 6) is 0.302. The highest BCUT2D eigenvalue weighted by atomic mass is 35.5. The van der Waals surface area contributed by atoms with Crippen LogP contribution in [0.25, 0.3) is 0 Å². The molecule has 3 unspecified atom stereocenters. The van der Waals surface area contributed by atoms with E-state index >= 15 is 0 Å². The van der Waals surface area contributed by atoms with Crippen LogP contribution in [0.2, 0.25) is 0 Å². The summed E-state index contributed by atoms with van der Waals surface area (Å²) in [5, 5.41) is 12.7. The van der Waals surface area contributed by atoms with Gasteiger partial charge in [-0.15, -0.1) is 6.58 Å². The first-order valence-electron chi connectivity index (χ1n) is 9.63. The molecule has 0 aromatic rings. The standard InChI is InChI=1S/C21H37ClN2O3/c1-8-10-11-17(6)19(25)14-24(13-16(5)12-18(7)22)23-21(26)27-20(9-2)15(3)4/h8,12,15,17,19-20,25H,1,5,9-11,13-14H2,2-4,6-7H3,(H,23,26)/b18-12+. The number of aliphatic hydroxyl groups is 1. The third-order valence-corrected chi connectivity index (χ3v) is 4.45. The number of carbonyl (C=O) groups is 1. The quantitative estimate of drug-likeness (QED) is 0.258. The van der Waals surface area contributed by atoms with Crippen LogP contribution in [0.15, 0.2) is 35.9 Å². The van der Waals surface area contributed by atoms with E-state index in [-0.39, 0.29) is 24.5 Å². The van der Waals surface area contributed by atoms with E-state index in [0.29, 0.717) is 11.6 Å². The molecule has 0 bridgehead atoms. The smallest absolute Gasteiger partial charge is 0.422 e. The van der Waals surface area contributed by atoms with Crippen molar-refractivity contribution in [1.29, 1.82) is 0 Å². The number of nitrogens with one attached hydrogen (secondary N) is 1. The molecule has 5 nitrogen and oxygen atoms in total. The molecule has 0 radical (unpaired) electrons. The number of nitrogens with zero attached hydrogens (tertiary/aromatic N) is 1.